The fourth-order valence-electron chi connectivity index (χ4n) is 2.79. The normalized spacial score (nSPS) is 12.9. The second kappa shape index (κ2) is 10.6. The smallest absolute Gasteiger partial charge is 0.242 e. The minimum atomic E-state index is -0.738. The van der Waals surface area contributed by atoms with Crippen LogP contribution in [0, 0.1) is 5.82 Å². The molecule has 0 aliphatic carbocycles. The Hall–Kier alpha value is -2.11. The van der Waals surface area contributed by atoms with Gasteiger partial charge >= 0.3 is 0 Å². The Kier molecular flexibility index (Phi) is 8.47. The van der Waals surface area contributed by atoms with Crippen molar-refractivity contribution in [2.24, 2.45) is 0 Å². The molecule has 2 atom stereocenters. The van der Waals surface area contributed by atoms with Crippen molar-refractivity contribution in [3.63, 3.8) is 0 Å². The number of hydrogen-bond donors (Lipinski definition) is 1. The van der Waals surface area contributed by atoms with E-state index in [1.165, 1.54) is 11.0 Å². The largest absolute Gasteiger partial charge is 0.352 e. The van der Waals surface area contributed by atoms with E-state index in [9.17, 15) is 14.0 Å². The van der Waals surface area contributed by atoms with Gasteiger partial charge in [-0.1, -0.05) is 54.4 Å². The number of nitrogens with zero attached hydrogens (tertiary/aromatic N) is 1. The lowest BCUT2D eigenvalue weighted by Crippen LogP contribution is -2.50. The number of nitrogens with one attached hydrogen (secondary N) is 1. The lowest BCUT2D eigenvalue weighted by atomic mass is 10.1. The maximum atomic E-state index is 14.0. The second-order valence-electron chi connectivity index (χ2n) is 7.03. The highest BCUT2D eigenvalue weighted by atomic mass is 35.5. The maximum Gasteiger partial charge on any atom is 0.242 e. The van der Waals surface area contributed by atoms with Crippen molar-refractivity contribution in [2.45, 2.75) is 52.2 Å². The summed E-state index contributed by atoms with van der Waals surface area (Å²) in [5, 5.41) is 3.66. The summed E-state index contributed by atoms with van der Waals surface area (Å²) in [6, 6.07) is 10.4. The highest BCUT2D eigenvalue weighted by molar-refractivity contribution is 6.42. The number of rotatable bonds is 8. The molecule has 4 nitrogen and oxygen atoms in total. The minimum absolute atomic E-state index is 0.0153. The van der Waals surface area contributed by atoms with Crippen LogP contribution in [-0.4, -0.2) is 28.8 Å². The topological polar surface area (TPSA) is 49.4 Å². The molecule has 0 aliphatic rings. The standard InChI is InChI=1S/C22H25Cl2FN2O2/c1-4-14(2)26-22(29)15(3)27(13-16-9-10-18(23)19(24)11-16)21(28)12-17-7-5-6-8-20(17)25/h5-11,14-15H,4,12-13H2,1-3H3,(H,26,29)/t14-,15-/m0/s1. The third kappa shape index (κ3) is 6.44. The SMILES string of the molecule is CC[C@H](C)NC(=O)[C@H](C)N(Cc1ccc(Cl)c(Cl)c1)C(=O)Cc1ccccc1F. The maximum absolute atomic E-state index is 14.0. The van der Waals surface area contributed by atoms with Crippen LogP contribution in [0.5, 0.6) is 0 Å². The molecule has 0 heterocycles. The quantitative estimate of drug-likeness (QED) is 0.629. The van der Waals surface area contributed by atoms with E-state index < -0.39 is 11.9 Å². The number of amides is 2. The highest BCUT2D eigenvalue weighted by Crippen LogP contribution is 2.24. The van der Waals surface area contributed by atoms with E-state index in [-0.39, 0.29) is 36.4 Å². The zero-order valence-electron chi connectivity index (χ0n) is 16.7. The first-order valence-electron chi connectivity index (χ1n) is 9.50. The Morgan fingerprint density at radius 3 is 2.41 bits per heavy atom. The molecule has 2 aromatic carbocycles. The summed E-state index contributed by atoms with van der Waals surface area (Å²) in [6.07, 6.45) is 0.628. The molecule has 2 rings (SSSR count). The van der Waals surface area contributed by atoms with Crippen molar-refractivity contribution in [3.05, 3.63) is 69.5 Å². The molecular formula is C22H25Cl2FN2O2. The van der Waals surface area contributed by atoms with E-state index >= 15 is 0 Å². The molecule has 0 aliphatic heterocycles. The van der Waals surface area contributed by atoms with Crippen LogP contribution in [0.1, 0.15) is 38.3 Å². The minimum Gasteiger partial charge on any atom is -0.352 e. The van der Waals surface area contributed by atoms with Gasteiger partial charge in [0.25, 0.3) is 0 Å². The third-order valence-corrected chi connectivity index (χ3v) is 5.54. The zero-order valence-corrected chi connectivity index (χ0v) is 18.2. The van der Waals surface area contributed by atoms with Gasteiger partial charge in [-0.25, -0.2) is 4.39 Å². The summed E-state index contributed by atoms with van der Waals surface area (Å²) >= 11 is 12.1. The van der Waals surface area contributed by atoms with Crippen molar-refractivity contribution in [1.82, 2.24) is 10.2 Å². The molecule has 29 heavy (non-hydrogen) atoms. The highest BCUT2D eigenvalue weighted by Gasteiger charge is 2.27. The fourth-order valence-corrected chi connectivity index (χ4v) is 3.11. The molecule has 2 aromatic rings. The van der Waals surface area contributed by atoms with Crippen molar-refractivity contribution >= 4 is 35.0 Å². The van der Waals surface area contributed by atoms with Crippen LogP contribution < -0.4 is 5.32 Å². The first-order valence-corrected chi connectivity index (χ1v) is 10.3. The number of benzene rings is 2. The molecule has 1 N–H and O–H groups in total. The summed E-state index contributed by atoms with van der Waals surface area (Å²) in [6.45, 7) is 5.68. The van der Waals surface area contributed by atoms with Crippen LogP contribution in [-0.2, 0) is 22.6 Å². The second-order valence-corrected chi connectivity index (χ2v) is 7.85. The van der Waals surface area contributed by atoms with E-state index in [1.54, 1.807) is 43.3 Å². The summed E-state index contributed by atoms with van der Waals surface area (Å²) in [5.41, 5.74) is 1.01. The Morgan fingerprint density at radius 2 is 1.79 bits per heavy atom. The molecule has 0 saturated heterocycles. The molecule has 0 spiro atoms. The summed E-state index contributed by atoms with van der Waals surface area (Å²) < 4.78 is 14.0. The van der Waals surface area contributed by atoms with Crippen LogP contribution in [0.2, 0.25) is 10.0 Å². The molecule has 2 amide bonds. The molecule has 0 aromatic heterocycles. The molecular weight excluding hydrogens is 414 g/mol. The van der Waals surface area contributed by atoms with Gasteiger partial charge in [-0.3, -0.25) is 9.59 Å². The van der Waals surface area contributed by atoms with Crippen LogP contribution in [0.15, 0.2) is 42.5 Å². The first-order chi connectivity index (χ1) is 13.7. The predicted octanol–water partition coefficient (Wildman–Crippen LogP) is 5.01. The molecule has 0 bridgehead atoms. The lowest BCUT2D eigenvalue weighted by Gasteiger charge is -2.30. The van der Waals surface area contributed by atoms with Gasteiger partial charge in [-0.15, -0.1) is 0 Å². The van der Waals surface area contributed by atoms with Crippen LogP contribution >= 0.6 is 23.2 Å². The molecule has 7 heteroatoms. The molecule has 0 radical (unpaired) electrons. The van der Waals surface area contributed by atoms with Crippen LogP contribution in [0.3, 0.4) is 0 Å². The lowest BCUT2D eigenvalue weighted by molar-refractivity contribution is -0.140. The van der Waals surface area contributed by atoms with E-state index in [0.29, 0.717) is 10.0 Å². The van der Waals surface area contributed by atoms with Gasteiger partial charge in [0.05, 0.1) is 16.5 Å². The zero-order chi connectivity index (χ0) is 21.6. The van der Waals surface area contributed by atoms with Gasteiger partial charge in [-0.05, 0) is 49.6 Å². The van der Waals surface area contributed by atoms with Crippen molar-refractivity contribution in [2.75, 3.05) is 0 Å². The van der Waals surface area contributed by atoms with Gasteiger partial charge in [0.15, 0.2) is 0 Å². The first kappa shape index (κ1) is 23.2. The Bertz CT molecular complexity index is 876. The Labute approximate surface area is 181 Å². The van der Waals surface area contributed by atoms with Crippen molar-refractivity contribution in [3.8, 4) is 0 Å². The average molecular weight is 439 g/mol. The number of carbonyl (C=O) groups is 2. The fraction of sp³-hybridized carbons (Fsp3) is 0.364. The van der Waals surface area contributed by atoms with E-state index in [4.69, 9.17) is 23.2 Å². The third-order valence-electron chi connectivity index (χ3n) is 4.80. The van der Waals surface area contributed by atoms with Gasteiger partial charge in [-0.2, -0.15) is 0 Å². The number of hydrogen-bond acceptors (Lipinski definition) is 2. The molecule has 0 saturated carbocycles. The van der Waals surface area contributed by atoms with E-state index in [0.717, 1.165) is 12.0 Å². The van der Waals surface area contributed by atoms with Gasteiger partial charge in [0.1, 0.15) is 11.9 Å². The van der Waals surface area contributed by atoms with Gasteiger partial charge < -0.3 is 10.2 Å². The summed E-state index contributed by atoms with van der Waals surface area (Å²) in [7, 11) is 0. The average Bonchev–Trinajstić information content (AvgIpc) is 2.69. The molecule has 0 unspecified atom stereocenters. The van der Waals surface area contributed by atoms with Gasteiger partial charge in [0.2, 0.25) is 11.8 Å². The van der Waals surface area contributed by atoms with E-state index in [2.05, 4.69) is 5.32 Å². The predicted molar refractivity (Wildman–Crippen MR) is 114 cm³/mol. The van der Waals surface area contributed by atoms with Crippen LogP contribution in [0.4, 0.5) is 4.39 Å². The Balaban J connectivity index is 2.28. The van der Waals surface area contributed by atoms with Crippen molar-refractivity contribution < 1.29 is 14.0 Å². The van der Waals surface area contributed by atoms with Crippen molar-refractivity contribution in [1.29, 1.82) is 0 Å². The number of carbonyl (C=O) groups excluding carboxylic acids is 2. The van der Waals surface area contributed by atoms with E-state index in [1.807, 2.05) is 13.8 Å². The van der Waals surface area contributed by atoms with Crippen LogP contribution in [0.25, 0.3) is 0 Å². The monoisotopic (exact) mass is 438 g/mol. The van der Waals surface area contributed by atoms with Gasteiger partial charge in [0, 0.05) is 12.6 Å². The summed E-state index contributed by atoms with van der Waals surface area (Å²) in [5.74, 6) is -1.07. The molecule has 0 fully saturated rings. The Morgan fingerprint density at radius 1 is 1.10 bits per heavy atom. The summed E-state index contributed by atoms with van der Waals surface area (Å²) in [4.78, 5) is 27.1. The number of halogens is 3. The molecule has 156 valence electrons.